The number of carbonyl (C=O) groups excluding carboxylic acids is 2. The highest BCUT2D eigenvalue weighted by Crippen LogP contribution is 2.29. The summed E-state index contributed by atoms with van der Waals surface area (Å²) in [5.41, 5.74) is 6.72. The standard InChI is InChI=1S/C27H28N2O5/c1-5-32-25-15-21(8-11-24(25)34-27(31)22-9-6-18(2)7-10-22)16-28-29-26(30)17-33-23-13-19(3)12-20(4)14-23/h6-16H,5,17H2,1-4H3,(H,29,30)/b28-16-. The first-order valence-corrected chi connectivity index (χ1v) is 10.9. The molecule has 1 amide bonds. The van der Waals surface area contributed by atoms with Gasteiger partial charge in [-0.15, -0.1) is 0 Å². The Kier molecular flexibility index (Phi) is 8.40. The third-order valence-electron chi connectivity index (χ3n) is 4.73. The van der Waals surface area contributed by atoms with E-state index in [1.807, 2.05) is 58.0 Å². The lowest BCUT2D eigenvalue weighted by molar-refractivity contribution is -0.123. The highest BCUT2D eigenvalue weighted by atomic mass is 16.6. The maximum Gasteiger partial charge on any atom is 0.343 e. The predicted molar refractivity (Wildman–Crippen MR) is 131 cm³/mol. The molecule has 0 aliphatic rings. The van der Waals surface area contributed by atoms with Crippen LogP contribution in [0.2, 0.25) is 0 Å². The van der Waals surface area contributed by atoms with Crippen molar-refractivity contribution in [1.82, 2.24) is 5.43 Å². The number of hydrogen-bond acceptors (Lipinski definition) is 6. The molecule has 176 valence electrons. The van der Waals surface area contributed by atoms with Gasteiger partial charge in [-0.05, 0) is 86.8 Å². The van der Waals surface area contributed by atoms with Gasteiger partial charge in [-0.25, -0.2) is 10.2 Å². The molecule has 0 spiro atoms. The number of rotatable bonds is 9. The molecule has 7 nitrogen and oxygen atoms in total. The first kappa shape index (κ1) is 24.5. The quantitative estimate of drug-likeness (QED) is 0.215. The number of benzene rings is 3. The van der Waals surface area contributed by atoms with E-state index < -0.39 is 5.97 Å². The van der Waals surface area contributed by atoms with Crippen LogP contribution in [0.4, 0.5) is 0 Å². The number of nitrogens with zero attached hydrogens (tertiary/aromatic N) is 1. The zero-order valence-corrected chi connectivity index (χ0v) is 19.8. The molecule has 0 aliphatic carbocycles. The van der Waals surface area contributed by atoms with Gasteiger partial charge in [0.1, 0.15) is 5.75 Å². The van der Waals surface area contributed by atoms with E-state index in [0.29, 0.717) is 35.0 Å². The fourth-order valence-corrected chi connectivity index (χ4v) is 3.18. The monoisotopic (exact) mass is 460 g/mol. The van der Waals surface area contributed by atoms with E-state index in [1.54, 1.807) is 30.3 Å². The summed E-state index contributed by atoms with van der Waals surface area (Å²) in [5, 5.41) is 3.97. The number of esters is 1. The average Bonchev–Trinajstić information content (AvgIpc) is 2.79. The minimum Gasteiger partial charge on any atom is -0.490 e. The Hall–Kier alpha value is -4.13. The number of aryl methyl sites for hydroxylation is 3. The molecule has 0 aromatic heterocycles. The van der Waals surface area contributed by atoms with Crippen LogP contribution in [-0.2, 0) is 4.79 Å². The molecule has 3 aromatic carbocycles. The zero-order valence-electron chi connectivity index (χ0n) is 19.8. The van der Waals surface area contributed by atoms with E-state index in [4.69, 9.17) is 14.2 Å². The van der Waals surface area contributed by atoms with Crippen molar-refractivity contribution in [1.29, 1.82) is 0 Å². The summed E-state index contributed by atoms with van der Waals surface area (Å²) < 4.78 is 16.7. The Morgan fingerprint density at radius 2 is 1.56 bits per heavy atom. The van der Waals surface area contributed by atoms with Gasteiger partial charge in [0.15, 0.2) is 18.1 Å². The Morgan fingerprint density at radius 1 is 0.853 bits per heavy atom. The fourth-order valence-electron chi connectivity index (χ4n) is 3.18. The van der Waals surface area contributed by atoms with Gasteiger partial charge in [-0.3, -0.25) is 4.79 Å². The van der Waals surface area contributed by atoms with Gasteiger partial charge in [0.25, 0.3) is 5.91 Å². The van der Waals surface area contributed by atoms with Crippen molar-refractivity contribution < 1.29 is 23.8 Å². The number of carbonyl (C=O) groups is 2. The molecule has 1 N–H and O–H groups in total. The minimum absolute atomic E-state index is 0.154. The van der Waals surface area contributed by atoms with E-state index in [9.17, 15) is 9.59 Å². The van der Waals surface area contributed by atoms with Crippen molar-refractivity contribution in [2.45, 2.75) is 27.7 Å². The van der Waals surface area contributed by atoms with E-state index in [-0.39, 0.29) is 12.5 Å². The Bertz CT molecular complexity index is 1170. The molecule has 0 saturated heterocycles. The van der Waals surface area contributed by atoms with Gasteiger partial charge in [0, 0.05) is 0 Å². The third kappa shape index (κ3) is 7.20. The molecule has 3 rings (SSSR count). The molecule has 0 unspecified atom stereocenters. The van der Waals surface area contributed by atoms with Crippen LogP contribution in [0.5, 0.6) is 17.2 Å². The highest BCUT2D eigenvalue weighted by molar-refractivity contribution is 5.91. The molecule has 0 radical (unpaired) electrons. The van der Waals surface area contributed by atoms with Crippen molar-refractivity contribution >= 4 is 18.1 Å². The predicted octanol–water partition coefficient (Wildman–Crippen LogP) is 4.76. The summed E-state index contributed by atoms with van der Waals surface area (Å²) in [6.07, 6.45) is 1.48. The average molecular weight is 461 g/mol. The SMILES string of the molecule is CCOc1cc(/C=N\NC(=O)COc2cc(C)cc(C)c2)ccc1OC(=O)c1ccc(C)cc1. The lowest BCUT2D eigenvalue weighted by atomic mass is 10.1. The molecule has 0 bridgehead atoms. The number of hydrogen-bond donors (Lipinski definition) is 1. The van der Waals surface area contributed by atoms with E-state index in [2.05, 4.69) is 10.5 Å². The first-order valence-electron chi connectivity index (χ1n) is 10.9. The second-order valence-electron chi connectivity index (χ2n) is 7.80. The Labute approximate surface area is 199 Å². The zero-order chi connectivity index (χ0) is 24.5. The smallest absolute Gasteiger partial charge is 0.343 e. The van der Waals surface area contributed by atoms with Crippen molar-refractivity contribution in [2.24, 2.45) is 5.10 Å². The lowest BCUT2D eigenvalue weighted by Gasteiger charge is -2.11. The van der Waals surface area contributed by atoms with Gasteiger partial charge < -0.3 is 14.2 Å². The van der Waals surface area contributed by atoms with Gasteiger partial charge in [-0.2, -0.15) is 5.10 Å². The van der Waals surface area contributed by atoms with Crippen LogP contribution in [0.3, 0.4) is 0 Å². The summed E-state index contributed by atoms with van der Waals surface area (Å²) in [6, 6.07) is 17.9. The normalized spacial score (nSPS) is 10.7. The maximum absolute atomic E-state index is 12.5. The van der Waals surface area contributed by atoms with Gasteiger partial charge in [0.2, 0.25) is 0 Å². The molecule has 0 aliphatic heterocycles. The molecule has 34 heavy (non-hydrogen) atoms. The summed E-state index contributed by atoms with van der Waals surface area (Å²) in [6.45, 7) is 7.96. The fraction of sp³-hybridized carbons (Fsp3) is 0.222. The van der Waals surface area contributed by atoms with Gasteiger partial charge >= 0.3 is 5.97 Å². The minimum atomic E-state index is -0.474. The number of nitrogens with one attached hydrogen (secondary N) is 1. The topological polar surface area (TPSA) is 86.2 Å². The summed E-state index contributed by atoms with van der Waals surface area (Å²) in [4.78, 5) is 24.5. The molecule has 0 heterocycles. The summed E-state index contributed by atoms with van der Waals surface area (Å²) >= 11 is 0. The van der Waals surface area contributed by atoms with Crippen LogP contribution >= 0.6 is 0 Å². The van der Waals surface area contributed by atoms with Crippen LogP contribution in [0.1, 0.15) is 39.5 Å². The van der Waals surface area contributed by atoms with Crippen molar-refractivity contribution in [2.75, 3.05) is 13.2 Å². The van der Waals surface area contributed by atoms with E-state index in [1.165, 1.54) is 6.21 Å². The van der Waals surface area contributed by atoms with Gasteiger partial charge in [-0.1, -0.05) is 23.8 Å². The van der Waals surface area contributed by atoms with Crippen molar-refractivity contribution in [3.05, 3.63) is 88.5 Å². The first-order chi connectivity index (χ1) is 16.3. The molecule has 0 saturated carbocycles. The maximum atomic E-state index is 12.5. The van der Waals surface area contributed by atoms with E-state index >= 15 is 0 Å². The van der Waals surface area contributed by atoms with Crippen LogP contribution < -0.4 is 19.6 Å². The summed E-state index contributed by atoms with van der Waals surface area (Å²) in [5.74, 6) is 0.475. The number of amides is 1. The molecule has 0 fully saturated rings. The Balaban J connectivity index is 1.59. The second-order valence-corrected chi connectivity index (χ2v) is 7.80. The second kappa shape index (κ2) is 11.7. The lowest BCUT2D eigenvalue weighted by Crippen LogP contribution is -2.24. The van der Waals surface area contributed by atoms with Gasteiger partial charge in [0.05, 0.1) is 18.4 Å². The molecule has 7 heteroatoms. The highest BCUT2D eigenvalue weighted by Gasteiger charge is 2.13. The third-order valence-corrected chi connectivity index (χ3v) is 4.73. The number of hydrazone groups is 1. The van der Waals surface area contributed by atoms with Crippen LogP contribution in [0, 0.1) is 20.8 Å². The Morgan fingerprint density at radius 3 is 2.24 bits per heavy atom. The summed E-state index contributed by atoms with van der Waals surface area (Å²) in [7, 11) is 0. The van der Waals surface area contributed by atoms with Crippen molar-refractivity contribution in [3.63, 3.8) is 0 Å². The largest absolute Gasteiger partial charge is 0.490 e. The van der Waals surface area contributed by atoms with Crippen molar-refractivity contribution in [3.8, 4) is 17.2 Å². The van der Waals surface area contributed by atoms with Crippen LogP contribution in [0.15, 0.2) is 65.8 Å². The molecular weight excluding hydrogens is 432 g/mol. The van der Waals surface area contributed by atoms with Crippen LogP contribution in [-0.4, -0.2) is 31.3 Å². The van der Waals surface area contributed by atoms with E-state index in [0.717, 1.165) is 16.7 Å². The molecule has 3 aromatic rings. The molecular formula is C27H28N2O5. The number of ether oxygens (including phenoxy) is 3. The molecule has 0 atom stereocenters. The van der Waals surface area contributed by atoms with Crippen LogP contribution in [0.25, 0.3) is 0 Å².